The van der Waals surface area contributed by atoms with E-state index >= 15 is 0 Å². The first kappa shape index (κ1) is 16.0. The quantitative estimate of drug-likeness (QED) is 0.859. The summed E-state index contributed by atoms with van der Waals surface area (Å²) in [7, 11) is 1.60. The van der Waals surface area contributed by atoms with E-state index < -0.39 is 5.97 Å². The van der Waals surface area contributed by atoms with Crippen molar-refractivity contribution in [1.82, 2.24) is 4.90 Å². The third-order valence-corrected chi connectivity index (χ3v) is 3.76. The minimum Gasteiger partial charge on any atom is -0.481 e. The number of carboxylic acid groups (broad SMARTS) is 1. The first-order valence-electron chi connectivity index (χ1n) is 7.32. The Balaban J connectivity index is 1.92. The van der Waals surface area contributed by atoms with Crippen LogP contribution >= 0.6 is 0 Å². The lowest BCUT2D eigenvalue weighted by molar-refractivity contribution is -0.138. The van der Waals surface area contributed by atoms with Gasteiger partial charge in [0.25, 0.3) is 0 Å². The van der Waals surface area contributed by atoms with Crippen molar-refractivity contribution in [3.8, 4) is 0 Å². The number of nitrogens with zero attached hydrogens (tertiary/aromatic N) is 2. The van der Waals surface area contributed by atoms with Crippen LogP contribution in [-0.4, -0.2) is 47.9 Å². The molecule has 1 saturated heterocycles. The minimum absolute atomic E-state index is 0.0573. The SMILES string of the molecule is CN(CCC(=O)O)C(=O)Cc1ccc(N2CCCC2=O)cc1. The summed E-state index contributed by atoms with van der Waals surface area (Å²) in [4.78, 5) is 37.3. The monoisotopic (exact) mass is 304 g/mol. The molecule has 0 unspecified atom stereocenters. The number of carbonyl (C=O) groups is 3. The second kappa shape index (κ2) is 7.06. The van der Waals surface area contributed by atoms with E-state index in [0.29, 0.717) is 6.42 Å². The highest BCUT2D eigenvalue weighted by atomic mass is 16.4. The van der Waals surface area contributed by atoms with Gasteiger partial charge in [-0.15, -0.1) is 0 Å². The van der Waals surface area contributed by atoms with Crippen molar-refractivity contribution < 1.29 is 19.5 Å². The second-order valence-corrected chi connectivity index (χ2v) is 5.45. The third-order valence-electron chi connectivity index (χ3n) is 3.76. The third kappa shape index (κ3) is 4.07. The van der Waals surface area contributed by atoms with E-state index in [9.17, 15) is 14.4 Å². The van der Waals surface area contributed by atoms with Crippen molar-refractivity contribution in [3.63, 3.8) is 0 Å². The number of benzene rings is 1. The van der Waals surface area contributed by atoms with Crippen LogP contribution in [0.4, 0.5) is 5.69 Å². The summed E-state index contributed by atoms with van der Waals surface area (Å²) in [6, 6.07) is 7.37. The molecule has 6 nitrogen and oxygen atoms in total. The van der Waals surface area contributed by atoms with Gasteiger partial charge < -0.3 is 14.9 Å². The molecule has 1 aliphatic rings. The molecular weight excluding hydrogens is 284 g/mol. The van der Waals surface area contributed by atoms with Gasteiger partial charge >= 0.3 is 5.97 Å². The predicted octanol–water partition coefficient (Wildman–Crippen LogP) is 1.29. The molecule has 1 aromatic rings. The normalized spacial score (nSPS) is 14.2. The summed E-state index contributed by atoms with van der Waals surface area (Å²) in [6.07, 6.45) is 1.64. The smallest absolute Gasteiger partial charge is 0.305 e. The number of aliphatic carboxylic acids is 1. The highest BCUT2D eigenvalue weighted by molar-refractivity contribution is 5.95. The van der Waals surface area contributed by atoms with Gasteiger partial charge in [0.05, 0.1) is 12.8 Å². The molecular formula is C16H20N2O4. The number of rotatable bonds is 6. The van der Waals surface area contributed by atoms with Gasteiger partial charge in [-0.05, 0) is 24.1 Å². The van der Waals surface area contributed by atoms with E-state index in [0.717, 1.165) is 24.2 Å². The highest BCUT2D eigenvalue weighted by Gasteiger charge is 2.21. The van der Waals surface area contributed by atoms with Crippen molar-refractivity contribution in [2.75, 3.05) is 25.0 Å². The van der Waals surface area contributed by atoms with Gasteiger partial charge in [0.2, 0.25) is 11.8 Å². The first-order chi connectivity index (χ1) is 10.5. The van der Waals surface area contributed by atoms with E-state index in [1.807, 2.05) is 24.3 Å². The highest BCUT2D eigenvalue weighted by Crippen LogP contribution is 2.21. The molecule has 0 spiro atoms. The van der Waals surface area contributed by atoms with Crippen molar-refractivity contribution in [2.24, 2.45) is 0 Å². The maximum Gasteiger partial charge on any atom is 0.305 e. The summed E-state index contributed by atoms with van der Waals surface area (Å²) in [5.74, 6) is -0.900. The van der Waals surface area contributed by atoms with Crippen LogP contribution in [0.2, 0.25) is 0 Å². The maximum atomic E-state index is 12.0. The Morgan fingerprint density at radius 3 is 2.50 bits per heavy atom. The summed E-state index contributed by atoms with van der Waals surface area (Å²) in [5, 5.41) is 8.62. The zero-order valence-corrected chi connectivity index (χ0v) is 12.6. The molecule has 0 radical (unpaired) electrons. The van der Waals surface area contributed by atoms with E-state index in [1.54, 1.807) is 11.9 Å². The Morgan fingerprint density at radius 2 is 1.95 bits per heavy atom. The fraction of sp³-hybridized carbons (Fsp3) is 0.438. The number of anilines is 1. The van der Waals surface area contributed by atoms with Crippen LogP contribution in [0, 0.1) is 0 Å². The first-order valence-corrected chi connectivity index (χ1v) is 7.32. The van der Waals surface area contributed by atoms with Gasteiger partial charge in [0.15, 0.2) is 0 Å². The molecule has 2 amide bonds. The van der Waals surface area contributed by atoms with Crippen LogP contribution in [0.15, 0.2) is 24.3 Å². The van der Waals surface area contributed by atoms with Crippen LogP contribution in [0.3, 0.4) is 0 Å². The van der Waals surface area contributed by atoms with Crippen molar-refractivity contribution in [2.45, 2.75) is 25.7 Å². The summed E-state index contributed by atoms with van der Waals surface area (Å²) in [6.45, 7) is 0.948. The van der Waals surface area contributed by atoms with Crippen LogP contribution in [-0.2, 0) is 20.8 Å². The van der Waals surface area contributed by atoms with Crippen LogP contribution < -0.4 is 4.90 Å². The lowest BCUT2D eigenvalue weighted by Crippen LogP contribution is -2.30. The second-order valence-electron chi connectivity index (χ2n) is 5.45. The molecule has 1 heterocycles. The van der Waals surface area contributed by atoms with Gasteiger partial charge in [0, 0.05) is 32.2 Å². The van der Waals surface area contributed by atoms with Gasteiger partial charge in [0.1, 0.15) is 0 Å². The Hall–Kier alpha value is -2.37. The molecule has 1 fully saturated rings. The Morgan fingerprint density at radius 1 is 1.27 bits per heavy atom. The molecule has 0 aliphatic carbocycles. The molecule has 0 aromatic heterocycles. The number of likely N-dealkylation sites (N-methyl/N-ethyl adjacent to an activating group) is 1. The van der Waals surface area contributed by atoms with Gasteiger partial charge in [-0.2, -0.15) is 0 Å². The molecule has 0 bridgehead atoms. The standard InChI is InChI=1S/C16H20N2O4/c1-17(10-8-16(21)22)15(20)11-12-4-6-13(7-5-12)18-9-2-3-14(18)19/h4-7H,2-3,8-11H2,1H3,(H,21,22). The number of amides is 2. The molecule has 1 N–H and O–H groups in total. The molecule has 0 atom stereocenters. The van der Waals surface area contributed by atoms with E-state index in [-0.39, 0.29) is 31.2 Å². The van der Waals surface area contributed by atoms with Crippen molar-refractivity contribution in [1.29, 1.82) is 0 Å². The molecule has 0 saturated carbocycles. The summed E-state index contributed by atoms with van der Waals surface area (Å²) in [5.41, 5.74) is 1.71. The summed E-state index contributed by atoms with van der Waals surface area (Å²) >= 11 is 0. The Kier molecular flexibility index (Phi) is 5.14. The number of carbonyl (C=O) groups excluding carboxylic acids is 2. The Labute approximate surface area is 129 Å². The predicted molar refractivity (Wildman–Crippen MR) is 81.6 cm³/mol. The molecule has 118 valence electrons. The minimum atomic E-state index is -0.917. The zero-order valence-electron chi connectivity index (χ0n) is 12.6. The van der Waals surface area contributed by atoms with Crippen LogP contribution in [0.1, 0.15) is 24.8 Å². The zero-order chi connectivity index (χ0) is 16.1. The Bertz CT molecular complexity index is 568. The van der Waals surface area contributed by atoms with Crippen molar-refractivity contribution >= 4 is 23.5 Å². The number of carboxylic acids is 1. The lowest BCUT2D eigenvalue weighted by atomic mass is 10.1. The largest absolute Gasteiger partial charge is 0.481 e. The topological polar surface area (TPSA) is 77.9 Å². The molecule has 22 heavy (non-hydrogen) atoms. The van der Waals surface area contributed by atoms with E-state index in [4.69, 9.17) is 5.11 Å². The fourth-order valence-electron chi connectivity index (χ4n) is 2.41. The molecule has 1 aromatic carbocycles. The van der Waals surface area contributed by atoms with Crippen LogP contribution in [0.25, 0.3) is 0 Å². The van der Waals surface area contributed by atoms with E-state index in [1.165, 1.54) is 4.90 Å². The fourth-order valence-corrected chi connectivity index (χ4v) is 2.41. The maximum absolute atomic E-state index is 12.0. The van der Waals surface area contributed by atoms with E-state index in [2.05, 4.69) is 0 Å². The van der Waals surface area contributed by atoms with Crippen molar-refractivity contribution in [3.05, 3.63) is 29.8 Å². The lowest BCUT2D eigenvalue weighted by Gasteiger charge is -2.17. The van der Waals surface area contributed by atoms with Gasteiger partial charge in [-0.1, -0.05) is 12.1 Å². The van der Waals surface area contributed by atoms with Gasteiger partial charge in [-0.25, -0.2) is 0 Å². The number of hydrogen-bond acceptors (Lipinski definition) is 3. The average molecular weight is 304 g/mol. The molecule has 2 rings (SSSR count). The molecule has 1 aliphatic heterocycles. The number of hydrogen-bond donors (Lipinski definition) is 1. The van der Waals surface area contributed by atoms with Gasteiger partial charge in [-0.3, -0.25) is 14.4 Å². The van der Waals surface area contributed by atoms with Crippen LogP contribution in [0.5, 0.6) is 0 Å². The molecule has 6 heteroatoms. The summed E-state index contributed by atoms with van der Waals surface area (Å²) < 4.78 is 0. The average Bonchev–Trinajstić information content (AvgIpc) is 2.91.